The van der Waals surface area contributed by atoms with Crippen LogP contribution in [0.25, 0.3) is 10.9 Å². The highest BCUT2D eigenvalue weighted by atomic mass is 19.4. The molecule has 0 radical (unpaired) electrons. The van der Waals surface area contributed by atoms with E-state index in [2.05, 4.69) is 15.4 Å². The molecule has 0 spiro atoms. The predicted molar refractivity (Wildman–Crippen MR) is 156 cm³/mol. The Hall–Kier alpha value is -3.38. The molecule has 1 N–H and O–H groups in total. The maximum absolute atomic E-state index is 13.8. The van der Waals surface area contributed by atoms with Crippen molar-refractivity contribution in [3.63, 3.8) is 0 Å². The lowest BCUT2D eigenvalue weighted by atomic mass is 9.85. The predicted octanol–water partition coefficient (Wildman–Crippen LogP) is 6.06. The van der Waals surface area contributed by atoms with Crippen molar-refractivity contribution < 1.29 is 27.4 Å². The van der Waals surface area contributed by atoms with E-state index in [9.17, 15) is 18.0 Å². The van der Waals surface area contributed by atoms with Crippen LogP contribution in [0, 0.1) is 0 Å². The average Bonchev–Trinajstić information content (AvgIpc) is 3.35. The van der Waals surface area contributed by atoms with Gasteiger partial charge in [0.2, 0.25) is 0 Å². The smallest absolute Gasteiger partial charge is 0.410 e. The Morgan fingerprint density at radius 3 is 2.56 bits per heavy atom. The fourth-order valence-electron chi connectivity index (χ4n) is 6.39. The lowest BCUT2D eigenvalue weighted by Crippen LogP contribution is -2.57. The van der Waals surface area contributed by atoms with E-state index < -0.39 is 24.4 Å². The van der Waals surface area contributed by atoms with Gasteiger partial charge in [0, 0.05) is 31.1 Å². The third-order valence-electron chi connectivity index (χ3n) is 8.38. The summed E-state index contributed by atoms with van der Waals surface area (Å²) in [5.74, 6) is 0. The summed E-state index contributed by atoms with van der Waals surface area (Å²) in [7, 11) is 0. The number of hydrogen-bond donors (Lipinski definition) is 1. The van der Waals surface area contributed by atoms with Gasteiger partial charge in [0.15, 0.2) is 6.23 Å². The van der Waals surface area contributed by atoms with Crippen molar-refractivity contribution in [2.24, 2.45) is 0 Å². The van der Waals surface area contributed by atoms with Crippen LogP contribution in [-0.4, -0.2) is 80.8 Å². The number of carbonyl (C=O) groups is 1. The molecule has 3 aliphatic rings. The number of rotatable bonds is 5. The van der Waals surface area contributed by atoms with Gasteiger partial charge in [0.1, 0.15) is 5.60 Å². The number of hydrogen-bond acceptors (Lipinski definition) is 7. The molecule has 3 atom stereocenters. The molecule has 3 aliphatic heterocycles. The Labute approximate surface area is 249 Å². The van der Waals surface area contributed by atoms with Gasteiger partial charge in [-0.15, -0.1) is 0 Å². The average molecular weight is 601 g/mol. The minimum Gasteiger partial charge on any atom is -0.444 e. The van der Waals surface area contributed by atoms with Gasteiger partial charge in [-0.1, -0.05) is 6.07 Å². The van der Waals surface area contributed by atoms with Gasteiger partial charge in [0.25, 0.3) is 0 Å². The molecule has 0 aliphatic carbocycles. The van der Waals surface area contributed by atoms with Crippen LogP contribution in [-0.2, 0) is 15.9 Å². The third-order valence-corrected chi connectivity index (χ3v) is 8.38. The second-order valence-electron chi connectivity index (χ2n) is 12.9. The van der Waals surface area contributed by atoms with E-state index in [1.807, 2.05) is 56.8 Å². The molecule has 1 unspecified atom stereocenters. The van der Waals surface area contributed by atoms with Gasteiger partial charge in [-0.05, 0) is 82.7 Å². The van der Waals surface area contributed by atoms with Crippen molar-refractivity contribution in [1.29, 1.82) is 0 Å². The van der Waals surface area contributed by atoms with Crippen molar-refractivity contribution in [2.75, 3.05) is 31.6 Å². The Morgan fingerprint density at radius 2 is 1.91 bits per heavy atom. The first kappa shape index (κ1) is 29.7. The molecule has 9 nitrogen and oxygen atoms in total. The largest absolute Gasteiger partial charge is 0.444 e. The zero-order valence-corrected chi connectivity index (χ0v) is 25.0. The molecular formula is C31H39F3N6O3. The molecular weight excluding hydrogens is 561 g/mol. The quantitative estimate of drug-likeness (QED) is 0.381. The van der Waals surface area contributed by atoms with E-state index in [0.29, 0.717) is 31.8 Å². The topological polar surface area (TPSA) is 84.8 Å². The van der Waals surface area contributed by atoms with Crippen LogP contribution >= 0.6 is 0 Å². The van der Waals surface area contributed by atoms with Crippen molar-refractivity contribution >= 4 is 22.7 Å². The summed E-state index contributed by atoms with van der Waals surface area (Å²) < 4.78 is 54.8. The summed E-state index contributed by atoms with van der Waals surface area (Å²) in [5, 5.41) is 8.97. The molecule has 0 saturated carbocycles. The van der Waals surface area contributed by atoms with E-state index in [1.165, 1.54) is 4.90 Å². The molecule has 2 fully saturated rings. The molecule has 12 heteroatoms. The zero-order chi connectivity index (χ0) is 30.5. The van der Waals surface area contributed by atoms with Crippen LogP contribution in [0.15, 0.2) is 36.7 Å². The van der Waals surface area contributed by atoms with Crippen LogP contribution in [0.2, 0.25) is 0 Å². The zero-order valence-electron chi connectivity index (χ0n) is 25.0. The number of anilines is 1. The highest BCUT2D eigenvalue weighted by molar-refractivity contribution is 5.84. The number of halogens is 3. The van der Waals surface area contributed by atoms with Gasteiger partial charge in [-0.25, -0.2) is 9.48 Å². The van der Waals surface area contributed by atoms with Crippen molar-refractivity contribution in [1.82, 2.24) is 24.6 Å². The number of amides is 1. The van der Waals surface area contributed by atoms with Crippen LogP contribution in [0.5, 0.6) is 0 Å². The Morgan fingerprint density at radius 1 is 1.12 bits per heavy atom. The van der Waals surface area contributed by atoms with E-state index >= 15 is 0 Å². The lowest BCUT2D eigenvalue weighted by molar-refractivity contribution is -0.155. The first-order valence-corrected chi connectivity index (χ1v) is 15.0. The monoisotopic (exact) mass is 600 g/mol. The number of ether oxygens (including phenoxy) is 2. The van der Waals surface area contributed by atoms with Crippen LogP contribution in [0.4, 0.5) is 23.7 Å². The summed E-state index contributed by atoms with van der Waals surface area (Å²) in [4.78, 5) is 20.0. The Kier molecular flexibility index (Phi) is 7.78. The first-order chi connectivity index (χ1) is 20.4. The molecule has 6 rings (SSSR count). The van der Waals surface area contributed by atoms with E-state index in [1.54, 1.807) is 17.2 Å². The number of carbonyl (C=O) groups excluding carboxylic acids is 1. The summed E-state index contributed by atoms with van der Waals surface area (Å²) in [5.41, 5.74) is 3.51. The highest BCUT2D eigenvalue weighted by Crippen LogP contribution is 2.42. The van der Waals surface area contributed by atoms with Gasteiger partial charge in [0.05, 0.1) is 47.9 Å². The molecule has 1 aromatic carbocycles. The SMILES string of the molecule is C[C@@H]1Cc2c(ccc3c2cnn3C2CCCCO2)[C@@H](c2ccc(NC3CN(C(=O)OC(C)(C)C)C3)cn2)N1CC(F)(F)F. The minimum absolute atomic E-state index is 0.0373. The Balaban J connectivity index is 1.25. The van der Waals surface area contributed by atoms with Crippen LogP contribution < -0.4 is 5.32 Å². The molecule has 2 aromatic heterocycles. The number of nitrogens with zero attached hydrogens (tertiary/aromatic N) is 5. The third kappa shape index (κ3) is 6.31. The normalized spacial score (nSPS) is 23.6. The molecule has 43 heavy (non-hydrogen) atoms. The Bertz CT molecular complexity index is 1460. The second kappa shape index (κ2) is 11.3. The van der Waals surface area contributed by atoms with Crippen molar-refractivity contribution in [3.8, 4) is 0 Å². The molecule has 1 amide bonds. The fourth-order valence-corrected chi connectivity index (χ4v) is 6.39. The van der Waals surface area contributed by atoms with E-state index in [-0.39, 0.29) is 24.4 Å². The number of likely N-dealkylation sites (tertiary alicyclic amines) is 1. The highest BCUT2D eigenvalue weighted by Gasteiger charge is 2.42. The van der Waals surface area contributed by atoms with Crippen molar-refractivity contribution in [3.05, 3.63) is 53.5 Å². The molecule has 232 valence electrons. The van der Waals surface area contributed by atoms with Crippen LogP contribution in [0.3, 0.4) is 0 Å². The summed E-state index contributed by atoms with van der Waals surface area (Å²) in [6, 6.07) is 6.54. The fraction of sp³-hybridized carbons (Fsp3) is 0.581. The van der Waals surface area contributed by atoms with Gasteiger partial charge < -0.3 is 19.7 Å². The van der Waals surface area contributed by atoms with Crippen molar-refractivity contribution in [2.45, 2.75) is 89.5 Å². The summed E-state index contributed by atoms with van der Waals surface area (Å²) >= 11 is 0. The molecule has 0 bridgehead atoms. The number of alkyl halides is 3. The number of pyridine rings is 1. The van der Waals surface area contributed by atoms with E-state index in [4.69, 9.17) is 9.47 Å². The first-order valence-electron chi connectivity index (χ1n) is 15.0. The molecule has 3 aromatic rings. The van der Waals surface area contributed by atoms with Gasteiger partial charge in [-0.2, -0.15) is 18.3 Å². The van der Waals surface area contributed by atoms with Crippen LogP contribution in [0.1, 0.15) is 76.0 Å². The summed E-state index contributed by atoms with van der Waals surface area (Å²) in [6.45, 7) is 8.00. The van der Waals surface area contributed by atoms with E-state index in [0.717, 1.165) is 47.0 Å². The number of benzene rings is 1. The molecule has 2 saturated heterocycles. The standard InChI is InChI=1S/C31H39F3N6O3/c1-19-13-23-22(9-11-26-24(23)15-36-40(26)27-7-5-6-12-42-27)28(39(19)18-31(32,33)34)25-10-8-20(14-35-25)37-21-16-38(17-21)29(41)43-30(2,3)4/h8-11,14-15,19,21,27-28,37H,5-7,12-13,16-18H2,1-4H3/t19-,27?,28+/m1/s1. The number of aromatic nitrogens is 3. The lowest BCUT2D eigenvalue weighted by Gasteiger charge is -2.42. The minimum atomic E-state index is -4.36. The summed E-state index contributed by atoms with van der Waals surface area (Å²) in [6.07, 6.45) is 2.12. The molecule has 5 heterocycles. The maximum Gasteiger partial charge on any atom is 0.410 e. The number of fused-ring (bicyclic) bond motifs is 3. The number of nitrogens with one attached hydrogen (secondary N) is 1. The van der Waals surface area contributed by atoms with Gasteiger partial charge in [-0.3, -0.25) is 9.88 Å². The maximum atomic E-state index is 13.8. The second-order valence-corrected chi connectivity index (χ2v) is 12.9. The van der Waals surface area contributed by atoms with Gasteiger partial charge >= 0.3 is 12.3 Å².